The molecule has 0 bridgehead atoms. The van der Waals surface area contributed by atoms with Crippen LogP contribution in [-0.2, 0) is 19.5 Å². The second-order valence-corrected chi connectivity index (χ2v) is 5.31. The maximum atomic E-state index is 13.4. The van der Waals surface area contributed by atoms with Crippen molar-refractivity contribution in [1.82, 2.24) is 14.9 Å². The molecule has 1 aromatic heterocycles. The molecule has 0 saturated heterocycles. The van der Waals surface area contributed by atoms with E-state index in [0.29, 0.717) is 25.1 Å². The number of hydrogen-bond donors (Lipinski definition) is 2. The number of nitrogens with one attached hydrogen (secondary N) is 1. The van der Waals surface area contributed by atoms with Crippen LogP contribution in [0, 0.1) is 5.82 Å². The summed E-state index contributed by atoms with van der Waals surface area (Å²) in [6, 6.07) is 4.79. The molecule has 2 heterocycles. The van der Waals surface area contributed by atoms with Crippen molar-refractivity contribution in [1.29, 1.82) is 0 Å². The molecule has 1 aromatic carbocycles. The molecule has 1 aliphatic rings. The van der Waals surface area contributed by atoms with E-state index in [0.717, 1.165) is 17.8 Å². The van der Waals surface area contributed by atoms with Crippen molar-refractivity contribution in [2.24, 2.45) is 0 Å². The summed E-state index contributed by atoms with van der Waals surface area (Å²) in [5, 5.41) is 0. The third kappa shape index (κ3) is 2.80. The molecule has 0 saturated carbocycles. The van der Waals surface area contributed by atoms with E-state index in [9.17, 15) is 9.18 Å². The van der Waals surface area contributed by atoms with Gasteiger partial charge in [-0.15, -0.1) is 0 Å². The smallest absolute Gasteiger partial charge is 0.257 e. The molecule has 3 rings (SSSR count). The van der Waals surface area contributed by atoms with Gasteiger partial charge in [0, 0.05) is 26.1 Å². The fourth-order valence-electron chi connectivity index (χ4n) is 2.70. The van der Waals surface area contributed by atoms with E-state index in [4.69, 9.17) is 10.5 Å². The summed E-state index contributed by atoms with van der Waals surface area (Å²) < 4.78 is 18.4. The monoisotopic (exact) mass is 304 g/mol. The Hall–Kier alpha value is -2.41. The number of halogens is 1. The van der Waals surface area contributed by atoms with Gasteiger partial charge in [0.25, 0.3) is 5.56 Å². The second-order valence-electron chi connectivity index (χ2n) is 5.31. The number of methoxy groups -OCH3 is 1. The van der Waals surface area contributed by atoms with Crippen LogP contribution in [0.15, 0.2) is 23.0 Å². The number of nitrogen functional groups attached to an aromatic ring is 1. The van der Waals surface area contributed by atoms with Gasteiger partial charge in [0.1, 0.15) is 0 Å². The van der Waals surface area contributed by atoms with Gasteiger partial charge in [-0.3, -0.25) is 14.7 Å². The van der Waals surface area contributed by atoms with Crippen molar-refractivity contribution in [2.75, 3.05) is 19.4 Å². The Morgan fingerprint density at radius 2 is 2.32 bits per heavy atom. The van der Waals surface area contributed by atoms with Crippen LogP contribution in [0.1, 0.15) is 16.8 Å². The van der Waals surface area contributed by atoms with E-state index in [1.165, 1.54) is 13.2 Å². The number of aromatic amines is 1. The summed E-state index contributed by atoms with van der Waals surface area (Å²) in [6.45, 7) is 1.88. The zero-order chi connectivity index (χ0) is 15.7. The molecule has 0 spiro atoms. The van der Waals surface area contributed by atoms with Crippen molar-refractivity contribution < 1.29 is 9.13 Å². The lowest BCUT2D eigenvalue weighted by atomic mass is 10.1. The number of H-pyrrole nitrogens is 1. The molecule has 22 heavy (non-hydrogen) atoms. The van der Waals surface area contributed by atoms with E-state index in [2.05, 4.69) is 14.9 Å². The average Bonchev–Trinajstić information content (AvgIpc) is 2.49. The molecule has 7 heteroatoms. The number of nitrogens with zero attached hydrogens (tertiary/aromatic N) is 2. The number of fused-ring (bicyclic) bond motifs is 1. The first-order valence-corrected chi connectivity index (χ1v) is 6.99. The van der Waals surface area contributed by atoms with Crippen molar-refractivity contribution in [2.45, 2.75) is 19.5 Å². The first kappa shape index (κ1) is 14.5. The molecule has 116 valence electrons. The Labute approximate surface area is 126 Å². The first-order valence-electron chi connectivity index (χ1n) is 6.99. The van der Waals surface area contributed by atoms with Crippen molar-refractivity contribution >= 4 is 5.95 Å². The Morgan fingerprint density at radius 3 is 3.09 bits per heavy atom. The number of ether oxygens (including phenoxy) is 1. The lowest BCUT2D eigenvalue weighted by molar-refractivity contribution is 0.241. The molecular weight excluding hydrogens is 287 g/mol. The average molecular weight is 304 g/mol. The van der Waals surface area contributed by atoms with Crippen LogP contribution in [0.4, 0.5) is 10.3 Å². The van der Waals surface area contributed by atoms with Crippen LogP contribution >= 0.6 is 0 Å². The number of benzene rings is 1. The number of rotatable bonds is 3. The van der Waals surface area contributed by atoms with Crippen molar-refractivity contribution in [3.63, 3.8) is 0 Å². The van der Waals surface area contributed by atoms with Gasteiger partial charge in [0.2, 0.25) is 5.95 Å². The molecule has 0 radical (unpaired) electrons. The van der Waals surface area contributed by atoms with Gasteiger partial charge in [-0.1, -0.05) is 6.07 Å². The highest BCUT2D eigenvalue weighted by molar-refractivity contribution is 5.31. The van der Waals surface area contributed by atoms with Crippen molar-refractivity contribution in [3.8, 4) is 5.75 Å². The molecule has 0 unspecified atom stereocenters. The van der Waals surface area contributed by atoms with Gasteiger partial charge in [0.05, 0.1) is 18.4 Å². The zero-order valence-electron chi connectivity index (χ0n) is 12.2. The van der Waals surface area contributed by atoms with Crippen LogP contribution in [0.25, 0.3) is 0 Å². The number of aromatic nitrogens is 2. The normalized spacial score (nSPS) is 14.6. The zero-order valence-corrected chi connectivity index (χ0v) is 12.2. The summed E-state index contributed by atoms with van der Waals surface area (Å²) in [7, 11) is 1.44. The Balaban J connectivity index is 1.79. The van der Waals surface area contributed by atoms with Gasteiger partial charge >= 0.3 is 0 Å². The summed E-state index contributed by atoms with van der Waals surface area (Å²) in [4.78, 5) is 20.8. The van der Waals surface area contributed by atoms with Gasteiger partial charge in [-0.25, -0.2) is 9.37 Å². The van der Waals surface area contributed by atoms with Gasteiger partial charge in [-0.05, 0) is 17.7 Å². The highest BCUT2D eigenvalue weighted by atomic mass is 19.1. The number of nitrogens with two attached hydrogens (primary N) is 1. The molecule has 0 aliphatic carbocycles. The molecule has 0 amide bonds. The van der Waals surface area contributed by atoms with Gasteiger partial charge < -0.3 is 10.5 Å². The molecule has 0 fully saturated rings. The fraction of sp³-hybridized carbons (Fsp3) is 0.333. The van der Waals surface area contributed by atoms with E-state index < -0.39 is 0 Å². The molecular formula is C15H17FN4O2. The van der Waals surface area contributed by atoms with Crippen LogP contribution < -0.4 is 16.0 Å². The largest absolute Gasteiger partial charge is 0.494 e. The second kappa shape index (κ2) is 5.76. The molecule has 0 atom stereocenters. The van der Waals surface area contributed by atoms with E-state index in [1.54, 1.807) is 12.1 Å². The van der Waals surface area contributed by atoms with Crippen LogP contribution in [-0.4, -0.2) is 28.5 Å². The standard InChI is InChI=1S/C15H17FN4O2/c1-22-13-6-9(2-3-11(13)16)7-20-5-4-12-10(8-20)14(21)19-15(17)18-12/h2-3,6H,4-5,7-8H2,1H3,(H3,17,18,19,21). The van der Waals surface area contributed by atoms with E-state index >= 15 is 0 Å². The number of anilines is 1. The Bertz CT molecular complexity index is 760. The third-order valence-electron chi connectivity index (χ3n) is 3.79. The van der Waals surface area contributed by atoms with E-state index in [-0.39, 0.29) is 23.1 Å². The Morgan fingerprint density at radius 1 is 1.50 bits per heavy atom. The minimum atomic E-state index is -0.383. The minimum absolute atomic E-state index is 0.153. The predicted octanol–water partition coefficient (Wildman–Crippen LogP) is 1.06. The van der Waals surface area contributed by atoms with Crippen LogP contribution in [0.5, 0.6) is 5.75 Å². The molecule has 3 N–H and O–H groups in total. The van der Waals surface area contributed by atoms with Crippen LogP contribution in [0.2, 0.25) is 0 Å². The maximum absolute atomic E-state index is 13.4. The summed E-state index contributed by atoms with van der Waals surface area (Å²) in [5.74, 6) is -0.00553. The summed E-state index contributed by atoms with van der Waals surface area (Å²) in [6.07, 6.45) is 0.668. The molecule has 1 aliphatic heterocycles. The summed E-state index contributed by atoms with van der Waals surface area (Å²) in [5.41, 5.74) is 7.70. The lowest BCUT2D eigenvalue weighted by Gasteiger charge is -2.27. The molecule has 2 aromatic rings. The predicted molar refractivity (Wildman–Crippen MR) is 80.0 cm³/mol. The van der Waals surface area contributed by atoms with Crippen LogP contribution in [0.3, 0.4) is 0 Å². The fourth-order valence-corrected chi connectivity index (χ4v) is 2.70. The van der Waals surface area contributed by atoms with Crippen molar-refractivity contribution in [3.05, 3.63) is 51.2 Å². The highest BCUT2D eigenvalue weighted by Gasteiger charge is 2.21. The Kier molecular flexibility index (Phi) is 3.81. The van der Waals surface area contributed by atoms with E-state index in [1.807, 2.05) is 0 Å². The minimum Gasteiger partial charge on any atom is -0.494 e. The highest BCUT2D eigenvalue weighted by Crippen LogP contribution is 2.21. The third-order valence-corrected chi connectivity index (χ3v) is 3.79. The SMILES string of the molecule is COc1cc(CN2CCc3nc(N)[nH]c(=O)c3C2)ccc1F. The van der Waals surface area contributed by atoms with Gasteiger partial charge in [0.15, 0.2) is 11.6 Å². The maximum Gasteiger partial charge on any atom is 0.257 e. The quantitative estimate of drug-likeness (QED) is 0.886. The number of hydrogen-bond acceptors (Lipinski definition) is 5. The first-order chi connectivity index (χ1) is 10.6. The topological polar surface area (TPSA) is 84.2 Å². The molecule has 6 nitrogen and oxygen atoms in total. The summed E-state index contributed by atoms with van der Waals surface area (Å²) >= 11 is 0. The lowest BCUT2D eigenvalue weighted by Crippen LogP contribution is -2.35. The van der Waals surface area contributed by atoms with Gasteiger partial charge in [-0.2, -0.15) is 0 Å².